The van der Waals surface area contributed by atoms with Crippen LogP contribution >= 0.6 is 12.4 Å². The summed E-state index contributed by atoms with van der Waals surface area (Å²) in [5, 5.41) is 4.95. The molecule has 1 aromatic carbocycles. The van der Waals surface area contributed by atoms with Crippen molar-refractivity contribution in [1.29, 1.82) is 0 Å². The lowest BCUT2D eigenvalue weighted by atomic mass is 10.1. The second kappa shape index (κ2) is 4.92. The highest BCUT2D eigenvalue weighted by atomic mass is 35.5. The molecule has 1 saturated heterocycles. The van der Waals surface area contributed by atoms with E-state index in [0.717, 1.165) is 24.3 Å². The maximum Gasteiger partial charge on any atom is 0.179 e. The first kappa shape index (κ1) is 12.2. The van der Waals surface area contributed by atoms with Crippen LogP contribution in [0.4, 0.5) is 10.2 Å². The molecule has 1 aliphatic rings. The second-order valence-corrected chi connectivity index (χ2v) is 4.19. The molecular weight excluding hydrogens is 243 g/mol. The van der Waals surface area contributed by atoms with Gasteiger partial charge >= 0.3 is 0 Å². The van der Waals surface area contributed by atoms with E-state index in [0.29, 0.717) is 5.58 Å². The number of benzene rings is 1. The van der Waals surface area contributed by atoms with E-state index in [1.54, 1.807) is 6.07 Å². The molecule has 1 aliphatic heterocycles. The molecule has 0 bridgehead atoms. The van der Waals surface area contributed by atoms with Gasteiger partial charge in [0, 0.05) is 19.2 Å². The van der Waals surface area contributed by atoms with Gasteiger partial charge in [-0.25, -0.2) is 4.39 Å². The largest absolute Gasteiger partial charge is 0.354 e. The number of aromatic nitrogens is 1. The van der Waals surface area contributed by atoms with Crippen LogP contribution in [-0.2, 0) is 0 Å². The van der Waals surface area contributed by atoms with Gasteiger partial charge in [0.15, 0.2) is 11.4 Å². The molecule has 0 atom stereocenters. The number of hydrogen-bond acceptors (Lipinski definition) is 3. The lowest BCUT2D eigenvalue weighted by Crippen LogP contribution is -2.29. The minimum Gasteiger partial charge on any atom is -0.354 e. The number of halogens is 2. The maximum absolute atomic E-state index is 13.0. The lowest BCUT2D eigenvalue weighted by Gasteiger charge is -2.26. The van der Waals surface area contributed by atoms with Gasteiger partial charge in [-0.05, 0) is 31.4 Å². The molecule has 92 valence electrons. The van der Waals surface area contributed by atoms with Gasteiger partial charge in [0.1, 0.15) is 5.82 Å². The third kappa shape index (κ3) is 2.22. The molecule has 3 nitrogen and oxygen atoms in total. The van der Waals surface area contributed by atoms with E-state index >= 15 is 0 Å². The van der Waals surface area contributed by atoms with Crippen LogP contribution in [0.25, 0.3) is 11.0 Å². The smallest absolute Gasteiger partial charge is 0.179 e. The Hall–Kier alpha value is -1.29. The molecule has 0 radical (unpaired) electrons. The third-order valence-corrected chi connectivity index (χ3v) is 3.07. The van der Waals surface area contributed by atoms with Crippen LogP contribution in [-0.4, -0.2) is 18.2 Å². The minimum absolute atomic E-state index is 0. The van der Waals surface area contributed by atoms with Crippen LogP contribution < -0.4 is 4.90 Å². The minimum atomic E-state index is -0.283. The maximum atomic E-state index is 13.0. The van der Waals surface area contributed by atoms with Crippen molar-refractivity contribution in [2.24, 2.45) is 0 Å². The predicted molar refractivity (Wildman–Crippen MR) is 67.3 cm³/mol. The normalized spacial score (nSPS) is 15.9. The molecule has 0 aliphatic carbocycles. The first-order valence-corrected chi connectivity index (χ1v) is 5.64. The summed E-state index contributed by atoms with van der Waals surface area (Å²) in [6.07, 6.45) is 3.66. The molecule has 1 aromatic heterocycles. The zero-order valence-electron chi connectivity index (χ0n) is 9.36. The van der Waals surface area contributed by atoms with Gasteiger partial charge in [0.25, 0.3) is 0 Å². The quantitative estimate of drug-likeness (QED) is 0.783. The number of fused-ring (bicyclic) bond motifs is 1. The number of hydrogen-bond donors (Lipinski definition) is 0. The Morgan fingerprint density at radius 2 is 1.94 bits per heavy atom. The Balaban J connectivity index is 0.00000108. The number of rotatable bonds is 1. The van der Waals surface area contributed by atoms with Gasteiger partial charge in [0.2, 0.25) is 0 Å². The highest BCUT2D eigenvalue weighted by Gasteiger charge is 2.17. The van der Waals surface area contributed by atoms with Crippen LogP contribution in [0, 0.1) is 5.82 Å². The van der Waals surface area contributed by atoms with Gasteiger partial charge in [0.05, 0.1) is 5.39 Å². The van der Waals surface area contributed by atoms with E-state index in [-0.39, 0.29) is 18.2 Å². The van der Waals surface area contributed by atoms with Gasteiger partial charge < -0.3 is 9.42 Å². The highest BCUT2D eigenvalue weighted by molar-refractivity contribution is 5.88. The predicted octanol–water partition coefficient (Wildman–Crippen LogP) is 3.38. The van der Waals surface area contributed by atoms with Crippen molar-refractivity contribution in [3.8, 4) is 0 Å². The summed E-state index contributed by atoms with van der Waals surface area (Å²) in [6, 6.07) is 4.58. The van der Waals surface area contributed by atoms with Crippen molar-refractivity contribution in [3.05, 3.63) is 24.0 Å². The van der Waals surface area contributed by atoms with E-state index in [1.807, 2.05) is 0 Å². The van der Waals surface area contributed by atoms with Crippen LogP contribution in [0.2, 0.25) is 0 Å². The summed E-state index contributed by atoms with van der Waals surface area (Å²) in [5.74, 6) is 0.573. The molecule has 17 heavy (non-hydrogen) atoms. The van der Waals surface area contributed by atoms with Gasteiger partial charge in [-0.15, -0.1) is 12.4 Å². The van der Waals surface area contributed by atoms with Crippen molar-refractivity contribution >= 4 is 29.2 Å². The summed E-state index contributed by atoms with van der Waals surface area (Å²) in [7, 11) is 0. The molecule has 2 aromatic rings. The van der Waals surface area contributed by atoms with Crippen LogP contribution in [0.5, 0.6) is 0 Å². The Kier molecular flexibility index (Phi) is 3.52. The summed E-state index contributed by atoms with van der Waals surface area (Å²) in [5.41, 5.74) is 0.528. The number of piperidine rings is 1. The molecule has 5 heteroatoms. The Morgan fingerprint density at radius 3 is 2.71 bits per heavy atom. The van der Waals surface area contributed by atoms with Crippen molar-refractivity contribution in [2.45, 2.75) is 19.3 Å². The van der Waals surface area contributed by atoms with Gasteiger partial charge in [-0.1, -0.05) is 5.16 Å². The molecule has 0 amide bonds. The zero-order chi connectivity index (χ0) is 11.0. The summed E-state index contributed by atoms with van der Waals surface area (Å²) < 4.78 is 18.1. The highest BCUT2D eigenvalue weighted by Crippen LogP contribution is 2.28. The summed E-state index contributed by atoms with van der Waals surface area (Å²) >= 11 is 0. The van der Waals surface area contributed by atoms with E-state index in [1.165, 1.54) is 31.4 Å². The van der Waals surface area contributed by atoms with Gasteiger partial charge in [-0.3, -0.25) is 0 Å². The molecule has 2 heterocycles. The summed E-state index contributed by atoms with van der Waals surface area (Å²) in [4.78, 5) is 2.22. The molecule has 3 rings (SSSR count). The van der Waals surface area contributed by atoms with Crippen molar-refractivity contribution in [1.82, 2.24) is 5.16 Å². The lowest BCUT2D eigenvalue weighted by molar-refractivity contribution is 0.448. The first-order valence-electron chi connectivity index (χ1n) is 5.64. The number of nitrogens with zero attached hydrogens (tertiary/aromatic N) is 2. The Bertz CT molecular complexity index is 508. The van der Waals surface area contributed by atoms with Crippen LogP contribution in [0.15, 0.2) is 22.7 Å². The van der Waals surface area contributed by atoms with Crippen molar-refractivity contribution in [2.75, 3.05) is 18.0 Å². The van der Waals surface area contributed by atoms with Crippen molar-refractivity contribution < 1.29 is 8.91 Å². The molecular formula is C12H14ClFN2O. The molecule has 0 unspecified atom stereocenters. The monoisotopic (exact) mass is 256 g/mol. The number of anilines is 1. The SMILES string of the molecule is Cl.Fc1ccc2c(N3CCCCC3)noc2c1. The Labute approximate surface area is 105 Å². The molecule has 0 N–H and O–H groups in total. The average molecular weight is 257 g/mol. The zero-order valence-corrected chi connectivity index (χ0v) is 10.2. The van der Waals surface area contributed by atoms with Gasteiger partial charge in [-0.2, -0.15) is 0 Å². The van der Waals surface area contributed by atoms with E-state index in [4.69, 9.17) is 4.52 Å². The Morgan fingerprint density at radius 1 is 1.18 bits per heavy atom. The fourth-order valence-electron chi connectivity index (χ4n) is 2.23. The van der Waals surface area contributed by atoms with Crippen LogP contribution in [0.3, 0.4) is 0 Å². The molecule has 1 fully saturated rings. The third-order valence-electron chi connectivity index (χ3n) is 3.07. The van der Waals surface area contributed by atoms with E-state index in [9.17, 15) is 4.39 Å². The van der Waals surface area contributed by atoms with E-state index in [2.05, 4.69) is 10.1 Å². The molecule has 0 saturated carbocycles. The topological polar surface area (TPSA) is 29.3 Å². The fourth-order valence-corrected chi connectivity index (χ4v) is 2.23. The summed E-state index contributed by atoms with van der Waals surface area (Å²) in [6.45, 7) is 2.03. The second-order valence-electron chi connectivity index (χ2n) is 4.19. The van der Waals surface area contributed by atoms with E-state index < -0.39 is 0 Å². The van der Waals surface area contributed by atoms with Crippen molar-refractivity contribution in [3.63, 3.8) is 0 Å². The fraction of sp³-hybridized carbons (Fsp3) is 0.417. The first-order chi connectivity index (χ1) is 7.84. The molecule has 0 spiro atoms. The van der Waals surface area contributed by atoms with Crippen LogP contribution in [0.1, 0.15) is 19.3 Å². The standard InChI is InChI=1S/C12H13FN2O.ClH/c13-9-4-5-10-11(8-9)16-14-12(10)15-6-2-1-3-7-15;/h4-5,8H,1-3,6-7H2;1H. The average Bonchev–Trinajstić information content (AvgIpc) is 2.73.